The van der Waals surface area contributed by atoms with Gasteiger partial charge in [0.05, 0.1) is 0 Å². The van der Waals surface area contributed by atoms with Crippen molar-refractivity contribution in [2.75, 3.05) is 5.32 Å². The van der Waals surface area contributed by atoms with Gasteiger partial charge in [-0.1, -0.05) is 6.92 Å². The van der Waals surface area contributed by atoms with E-state index < -0.39 is 0 Å². The Bertz CT molecular complexity index is 505. The minimum absolute atomic E-state index is 0.0313. The van der Waals surface area contributed by atoms with Gasteiger partial charge in [0.1, 0.15) is 0 Å². The maximum absolute atomic E-state index is 11.8. The van der Waals surface area contributed by atoms with E-state index in [1.54, 1.807) is 24.3 Å². The molecule has 19 heavy (non-hydrogen) atoms. The van der Waals surface area contributed by atoms with E-state index in [2.05, 4.69) is 17.6 Å². The normalized spacial score (nSPS) is 24.7. The molecule has 0 unspecified atom stereocenters. The Labute approximate surface area is 112 Å². The van der Waals surface area contributed by atoms with Crippen LogP contribution in [-0.4, -0.2) is 17.9 Å². The molecule has 1 aromatic carbocycles. The summed E-state index contributed by atoms with van der Waals surface area (Å²) in [5.41, 5.74) is 1.40. The highest BCUT2D eigenvalue weighted by atomic mass is 16.2. The first-order valence-corrected chi connectivity index (χ1v) is 6.85. The molecule has 0 saturated heterocycles. The highest BCUT2D eigenvalue weighted by Gasteiger charge is 2.39. The Morgan fingerprint density at radius 1 is 1.16 bits per heavy atom. The van der Waals surface area contributed by atoms with Crippen molar-refractivity contribution in [3.05, 3.63) is 29.8 Å². The summed E-state index contributed by atoms with van der Waals surface area (Å²) in [6, 6.07) is 7.44. The Kier molecular flexibility index (Phi) is 3.01. The lowest BCUT2D eigenvalue weighted by molar-refractivity contribution is -0.117. The number of carbonyl (C=O) groups excluding carboxylic acids is 2. The first kappa shape index (κ1) is 12.2. The van der Waals surface area contributed by atoms with Crippen LogP contribution in [0.5, 0.6) is 0 Å². The number of nitrogens with one attached hydrogen (secondary N) is 2. The second-order valence-electron chi connectivity index (χ2n) is 5.63. The number of amides is 2. The van der Waals surface area contributed by atoms with Crippen LogP contribution in [0.4, 0.5) is 5.69 Å². The van der Waals surface area contributed by atoms with E-state index in [0.29, 0.717) is 17.5 Å². The summed E-state index contributed by atoms with van der Waals surface area (Å²) in [6.45, 7) is 2.08. The highest BCUT2D eigenvalue weighted by molar-refractivity contribution is 5.97. The van der Waals surface area contributed by atoms with Crippen LogP contribution >= 0.6 is 0 Å². The molecule has 0 spiro atoms. The van der Waals surface area contributed by atoms with Crippen molar-refractivity contribution in [1.29, 1.82) is 0 Å². The maximum atomic E-state index is 11.8. The molecule has 100 valence electrons. The summed E-state index contributed by atoms with van der Waals surface area (Å²) in [5.74, 6) is 0.723. The molecule has 0 aromatic heterocycles. The Morgan fingerprint density at radius 2 is 1.79 bits per heavy atom. The maximum Gasteiger partial charge on any atom is 0.251 e. The lowest BCUT2D eigenvalue weighted by Gasteiger charge is -2.06. The number of hydrogen-bond acceptors (Lipinski definition) is 2. The Hall–Kier alpha value is -1.84. The molecular formula is C15H18N2O2. The summed E-state index contributed by atoms with van der Waals surface area (Å²) >= 11 is 0. The van der Waals surface area contributed by atoms with Crippen molar-refractivity contribution < 1.29 is 9.59 Å². The first-order chi connectivity index (χ1) is 9.13. The topological polar surface area (TPSA) is 58.2 Å². The summed E-state index contributed by atoms with van der Waals surface area (Å²) in [5, 5.41) is 5.82. The summed E-state index contributed by atoms with van der Waals surface area (Å²) in [7, 11) is 0. The van der Waals surface area contributed by atoms with Crippen molar-refractivity contribution in [2.24, 2.45) is 11.8 Å². The van der Waals surface area contributed by atoms with Gasteiger partial charge in [-0.25, -0.2) is 0 Å². The fourth-order valence-corrected chi connectivity index (χ4v) is 2.12. The number of anilines is 1. The summed E-state index contributed by atoms with van der Waals surface area (Å²) in [6.07, 6.45) is 3.15. The zero-order chi connectivity index (χ0) is 13.4. The van der Waals surface area contributed by atoms with Gasteiger partial charge in [-0.15, -0.1) is 0 Å². The number of hydrogen-bond donors (Lipinski definition) is 2. The van der Waals surface area contributed by atoms with E-state index in [4.69, 9.17) is 0 Å². The van der Waals surface area contributed by atoms with E-state index in [9.17, 15) is 9.59 Å². The zero-order valence-electron chi connectivity index (χ0n) is 11.0. The molecule has 2 aliphatic carbocycles. The highest BCUT2D eigenvalue weighted by Crippen LogP contribution is 2.38. The number of carbonyl (C=O) groups is 2. The van der Waals surface area contributed by atoms with Crippen molar-refractivity contribution in [3.63, 3.8) is 0 Å². The predicted octanol–water partition coefficient (Wildman–Crippen LogP) is 2.17. The smallest absolute Gasteiger partial charge is 0.251 e. The number of rotatable bonds is 4. The largest absolute Gasteiger partial charge is 0.349 e. The van der Waals surface area contributed by atoms with E-state index in [1.807, 2.05) is 0 Å². The van der Waals surface area contributed by atoms with E-state index in [-0.39, 0.29) is 17.7 Å². The fraction of sp³-hybridized carbons (Fsp3) is 0.467. The molecule has 0 bridgehead atoms. The molecule has 0 aliphatic heterocycles. The van der Waals surface area contributed by atoms with Crippen LogP contribution in [0.1, 0.15) is 36.5 Å². The first-order valence-electron chi connectivity index (χ1n) is 6.85. The van der Waals surface area contributed by atoms with E-state index in [1.165, 1.54) is 0 Å². The Balaban J connectivity index is 1.58. The fourth-order valence-electron chi connectivity index (χ4n) is 2.12. The van der Waals surface area contributed by atoms with Crippen molar-refractivity contribution in [2.45, 2.75) is 32.2 Å². The molecular weight excluding hydrogens is 240 g/mol. The van der Waals surface area contributed by atoms with Crippen molar-refractivity contribution >= 4 is 17.5 Å². The van der Waals surface area contributed by atoms with Gasteiger partial charge in [0.2, 0.25) is 5.91 Å². The standard InChI is InChI=1S/C15H18N2O2/c1-9-8-13(9)15(19)17-11-4-2-10(3-5-11)14(18)16-12-6-7-12/h2-5,9,12-13H,6-8H2,1H3,(H,16,18)(H,17,19)/t9-,13-/m1/s1. The molecule has 0 heterocycles. The molecule has 2 amide bonds. The molecule has 3 rings (SSSR count). The van der Waals surface area contributed by atoms with Crippen LogP contribution in [0.2, 0.25) is 0 Å². The van der Waals surface area contributed by atoms with Gasteiger partial charge in [-0.2, -0.15) is 0 Å². The second-order valence-corrected chi connectivity index (χ2v) is 5.63. The SMILES string of the molecule is C[C@@H]1C[C@H]1C(=O)Nc1ccc(C(=O)NC2CC2)cc1. The van der Waals surface area contributed by atoms with Crippen LogP contribution in [0, 0.1) is 11.8 Å². The minimum atomic E-state index is -0.0313. The van der Waals surface area contributed by atoms with Gasteiger partial charge < -0.3 is 10.6 Å². The third kappa shape index (κ3) is 2.95. The van der Waals surface area contributed by atoms with Crippen LogP contribution in [0.15, 0.2) is 24.3 Å². The molecule has 4 heteroatoms. The summed E-state index contributed by atoms with van der Waals surface area (Å²) in [4.78, 5) is 23.6. The molecule has 2 N–H and O–H groups in total. The predicted molar refractivity (Wildman–Crippen MR) is 72.8 cm³/mol. The van der Waals surface area contributed by atoms with Crippen LogP contribution < -0.4 is 10.6 Å². The second kappa shape index (κ2) is 4.68. The monoisotopic (exact) mass is 258 g/mol. The zero-order valence-corrected chi connectivity index (χ0v) is 11.0. The average Bonchev–Trinajstić information content (AvgIpc) is 3.28. The van der Waals surface area contributed by atoms with Gasteiger partial charge in [0.15, 0.2) is 0 Å². The van der Waals surface area contributed by atoms with Crippen molar-refractivity contribution in [3.8, 4) is 0 Å². The molecule has 0 radical (unpaired) electrons. The molecule has 2 aliphatic rings. The Morgan fingerprint density at radius 3 is 2.32 bits per heavy atom. The van der Waals surface area contributed by atoms with Gasteiger partial charge in [-0.05, 0) is 49.4 Å². The number of benzene rings is 1. The van der Waals surface area contributed by atoms with Crippen molar-refractivity contribution in [1.82, 2.24) is 5.32 Å². The third-order valence-electron chi connectivity index (χ3n) is 3.77. The lowest BCUT2D eigenvalue weighted by Crippen LogP contribution is -2.25. The quantitative estimate of drug-likeness (QED) is 0.869. The van der Waals surface area contributed by atoms with E-state index in [0.717, 1.165) is 24.9 Å². The van der Waals surface area contributed by atoms with Crippen LogP contribution in [0.3, 0.4) is 0 Å². The van der Waals surface area contributed by atoms with Gasteiger partial charge in [0, 0.05) is 23.2 Å². The van der Waals surface area contributed by atoms with Crippen LogP contribution in [-0.2, 0) is 4.79 Å². The van der Waals surface area contributed by atoms with Gasteiger partial charge >= 0.3 is 0 Å². The molecule has 2 atom stereocenters. The third-order valence-corrected chi connectivity index (χ3v) is 3.77. The van der Waals surface area contributed by atoms with Gasteiger partial charge in [-0.3, -0.25) is 9.59 Å². The molecule has 1 aromatic rings. The summed E-state index contributed by atoms with van der Waals surface area (Å²) < 4.78 is 0. The molecule has 4 nitrogen and oxygen atoms in total. The minimum Gasteiger partial charge on any atom is -0.349 e. The van der Waals surface area contributed by atoms with E-state index >= 15 is 0 Å². The average molecular weight is 258 g/mol. The van der Waals surface area contributed by atoms with Crippen LogP contribution in [0.25, 0.3) is 0 Å². The molecule has 2 saturated carbocycles. The molecule has 2 fully saturated rings. The lowest BCUT2D eigenvalue weighted by atomic mass is 10.2. The van der Waals surface area contributed by atoms with Gasteiger partial charge in [0.25, 0.3) is 5.91 Å².